The first-order valence-electron chi connectivity index (χ1n) is 8.71. The van der Waals surface area contributed by atoms with Crippen LogP contribution < -0.4 is 4.72 Å². The van der Waals surface area contributed by atoms with Gasteiger partial charge in [0.1, 0.15) is 0 Å². The number of aryl methyl sites for hydroxylation is 1. The normalized spacial score (nSPS) is 10.9. The molecule has 0 saturated heterocycles. The van der Waals surface area contributed by atoms with Crippen LogP contribution in [-0.2, 0) is 21.2 Å². The monoisotopic (exact) mass is 426 g/mol. The summed E-state index contributed by atoms with van der Waals surface area (Å²) in [5.74, 6) is -0.616. The average Bonchev–Trinajstić information content (AvgIpc) is 3.26. The Balaban J connectivity index is 2.11. The zero-order chi connectivity index (χ0) is 21.0. The highest BCUT2D eigenvalue weighted by atomic mass is 32.2. The molecule has 0 amide bonds. The van der Waals surface area contributed by atoms with E-state index in [4.69, 9.17) is 4.74 Å². The van der Waals surface area contributed by atoms with E-state index >= 15 is 0 Å². The molecule has 8 heteroatoms. The number of anilines is 1. The fourth-order valence-electron chi connectivity index (χ4n) is 2.89. The fourth-order valence-corrected chi connectivity index (χ4v) is 5.06. The number of hydrogen-bond acceptors (Lipinski definition) is 6. The number of nitrogens with one attached hydrogen (secondary N) is 1. The third-order valence-electron chi connectivity index (χ3n) is 4.34. The van der Waals surface area contributed by atoms with Gasteiger partial charge in [-0.25, -0.2) is 13.2 Å². The number of nitrogens with zero attached hydrogens (tertiary/aromatic N) is 1. The van der Waals surface area contributed by atoms with Gasteiger partial charge in [-0.3, -0.25) is 4.72 Å². The molecule has 0 fully saturated rings. The third-order valence-corrected chi connectivity index (χ3v) is 6.69. The summed E-state index contributed by atoms with van der Waals surface area (Å²) in [6, 6.07) is 15.1. The Morgan fingerprint density at radius 2 is 2.00 bits per heavy atom. The second kappa shape index (κ2) is 8.47. The third kappa shape index (κ3) is 4.31. The van der Waals surface area contributed by atoms with Gasteiger partial charge in [-0.05, 0) is 47.7 Å². The van der Waals surface area contributed by atoms with E-state index in [2.05, 4.69) is 4.72 Å². The SMILES string of the molecule is CCc1ccc(C(=O)OC)cc1S(=O)(=O)Nc1cc(C#N)ccc1-c1cccs1. The van der Waals surface area contributed by atoms with Gasteiger partial charge < -0.3 is 4.74 Å². The largest absolute Gasteiger partial charge is 0.465 e. The summed E-state index contributed by atoms with van der Waals surface area (Å²) in [7, 11) is -2.78. The lowest BCUT2D eigenvalue weighted by Gasteiger charge is -2.15. The van der Waals surface area contributed by atoms with Crippen molar-refractivity contribution >= 4 is 33.0 Å². The van der Waals surface area contributed by atoms with Gasteiger partial charge in [-0.1, -0.05) is 25.1 Å². The van der Waals surface area contributed by atoms with E-state index in [0.717, 1.165) is 4.88 Å². The van der Waals surface area contributed by atoms with Crippen molar-refractivity contribution in [2.24, 2.45) is 0 Å². The molecule has 3 aromatic rings. The Morgan fingerprint density at radius 3 is 2.62 bits per heavy atom. The van der Waals surface area contributed by atoms with Crippen molar-refractivity contribution in [3.05, 3.63) is 70.6 Å². The molecule has 3 rings (SSSR count). The van der Waals surface area contributed by atoms with Crippen LogP contribution >= 0.6 is 11.3 Å². The van der Waals surface area contributed by atoms with Crippen LogP contribution in [0.2, 0.25) is 0 Å². The summed E-state index contributed by atoms with van der Waals surface area (Å²) in [6.45, 7) is 1.83. The van der Waals surface area contributed by atoms with Gasteiger partial charge in [0, 0.05) is 10.4 Å². The summed E-state index contributed by atoms with van der Waals surface area (Å²) in [5, 5.41) is 11.1. The van der Waals surface area contributed by atoms with Gasteiger partial charge in [-0.15, -0.1) is 11.3 Å². The van der Waals surface area contributed by atoms with E-state index < -0.39 is 16.0 Å². The average molecular weight is 427 g/mol. The van der Waals surface area contributed by atoms with Crippen molar-refractivity contribution in [1.82, 2.24) is 0 Å². The molecule has 0 aliphatic rings. The minimum Gasteiger partial charge on any atom is -0.465 e. The van der Waals surface area contributed by atoms with Gasteiger partial charge >= 0.3 is 5.97 Å². The highest BCUT2D eigenvalue weighted by molar-refractivity contribution is 7.92. The maximum Gasteiger partial charge on any atom is 0.337 e. The summed E-state index contributed by atoms with van der Waals surface area (Å²) >= 11 is 1.46. The number of sulfonamides is 1. The molecule has 1 N–H and O–H groups in total. The number of nitriles is 1. The van der Waals surface area contributed by atoms with Crippen molar-refractivity contribution in [2.75, 3.05) is 11.8 Å². The lowest BCUT2D eigenvalue weighted by molar-refractivity contribution is 0.0600. The number of carbonyl (C=O) groups is 1. The standard InChI is InChI=1S/C21H18N2O4S2/c1-3-15-7-8-16(21(24)27-2)12-20(15)29(25,26)23-18-11-14(13-22)6-9-17(18)19-5-4-10-28-19/h4-12,23H,3H2,1-2H3. The van der Waals surface area contributed by atoms with Crippen LogP contribution in [0.5, 0.6) is 0 Å². The highest BCUT2D eigenvalue weighted by Crippen LogP contribution is 2.34. The van der Waals surface area contributed by atoms with Crippen molar-refractivity contribution in [3.8, 4) is 16.5 Å². The Morgan fingerprint density at radius 1 is 1.21 bits per heavy atom. The zero-order valence-electron chi connectivity index (χ0n) is 15.8. The van der Waals surface area contributed by atoms with Gasteiger partial charge in [-0.2, -0.15) is 5.26 Å². The van der Waals surface area contributed by atoms with Crippen LogP contribution in [0.4, 0.5) is 5.69 Å². The van der Waals surface area contributed by atoms with E-state index in [0.29, 0.717) is 28.8 Å². The number of methoxy groups -OCH3 is 1. The molecule has 0 aliphatic heterocycles. The Bertz CT molecular complexity index is 1190. The van der Waals surface area contributed by atoms with Crippen LogP contribution in [0.15, 0.2) is 58.8 Å². The molecule has 29 heavy (non-hydrogen) atoms. The summed E-state index contributed by atoms with van der Waals surface area (Å²) < 4.78 is 33.8. The lowest BCUT2D eigenvalue weighted by atomic mass is 10.1. The summed E-state index contributed by atoms with van der Waals surface area (Å²) in [6.07, 6.45) is 0.466. The molecule has 1 heterocycles. The van der Waals surface area contributed by atoms with Crippen LogP contribution in [0, 0.1) is 11.3 Å². The molecular formula is C21H18N2O4S2. The van der Waals surface area contributed by atoms with Gasteiger partial charge in [0.25, 0.3) is 10.0 Å². The first-order valence-corrected chi connectivity index (χ1v) is 11.1. The molecule has 6 nitrogen and oxygen atoms in total. The Kier molecular flexibility index (Phi) is 6.01. The summed E-state index contributed by atoms with van der Waals surface area (Å²) in [4.78, 5) is 12.7. The number of carbonyl (C=O) groups excluding carboxylic acids is 1. The van der Waals surface area contributed by atoms with Gasteiger partial charge in [0.15, 0.2) is 0 Å². The van der Waals surface area contributed by atoms with Crippen LogP contribution in [-0.4, -0.2) is 21.5 Å². The fraction of sp³-hybridized carbons (Fsp3) is 0.143. The van der Waals surface area contributed by atoms with Crippen LogP contribution in [0.1, 0.15) is 28.4 Å². The molecule has 0 radical (unpaired) electrons. The number of hydrogen-bond donors (Lipinski definition) is 1. The molecule has 1 aromatic heterocycles. The van der Waals surface area contributed by atoms with Crippen LogP contribution in [0.3, 0.4) is 0 Å². The number of rotatable bonds is 6. The second-order valence-electron chi connectivity index (χ2n) is 6.12. The molecule has 148 valence electrons. The lowest BCUT2D eigenvalue weighted by Crippen LogP contribution is -2.17. The first kappa shape index (κ1) is 20.6. The predicted molar refractivity (Wildman–Crippen MR) is 112 cm³/mol. The topological polar surface area (TPSA) is 96.3 Å². The van der Waals surface area contributed by atoms with Crippen molar-refractivity contribution in [2.45, 2.75) is 18.2 Å². The van der Waals surface area contributed by atoms with Crippen LogP contribution in [0.25, 0.3) is 10.4 Å². The number of esters is 1. The van der Waals surface area contributed by atoms with E-state index in [1.54, 1.807) is 18.2 Å². The molecule has 0 unspecified atom stereocenters. The summed E-state index contributed by atoms with van der Waals surface area (Å²) in [5.41, 5.74) is 2.03. The maximum absolute atomic E-state index is 13.2. The molecule has 0 saturated carbocycles. The van der Waals surface area contributed by atoms with Gasteiger partial charge in [0.05, 0.1) is 34.9 Å². The number of ether oxygens (including phenoxy) is 1. The maximum atomic E-state index is 13.2. The molecule has 0 bridgehead atoms. The smallest absolute Gasteiger partial charge is 0.337 e. The first-order chi connectivity index (χ1) is 13.9. The van der Waals surface area contributed by atoms with E-state index in [1.807, 2.05) is 30.5 Å². The second-order valence-corrected chi connectivity index (χ2v) is 8.72. The number of benzene rings is 2. The Labute approximate surface area is 173 Å². The quantitative estimate of drug-likeness (QED) is 0.588. The van der Waals surface area contributed by atoms with Gasteiger partial charge in [0.2, 0.25) is 0 Å². The highest BCUT2D eigenvalue weighted by Gasteiger charge is 2.22. The minimum atomic E-state index is -4.02. The zero-order valence-corrected chi connectivity index (χ0v) is 17.4. The molecule has 2 aromatic carbocycles. The minimum absolute atomic E-state index is 0.00221. The van der Waals surface area contributed by atoms with E-state index in [-0.39, 0.29) is 10.5 Å². The Hall–Kier alpha value is -3.15. The predicted octanol–water partition coefficient (Wildman–Crippen LogP) is 4.44. The molecule has 0 atom stereocenters. The van der Waals surface area contributed by atoms with Crippen molar-refractivity contribution < 1.29 is 17.9 Å². The number of thiophene rings is 1. The molecular weight excluding hydrogens is 408 g/mol. The van der Waals surface area contributed by atoms with Crippen molar-refractivity contribution in [1.29, 1.82) is 5.26 Å². The van der Waals surface area contributed by atoms with E-state index in [9.17, 15) is 18.5 Å². The van der Waals surface area contributed by atoms with Crippen molar-refractivity contribution in [3.63, 3.8) is 0 Å². The molecule has 0 spiro atoms. The van der Waals surface area contributed by atoms with E-state index in [1.165, 1.54) is 36.6 Å². The molecule has 0 aliphatic carbocycles.